The van der Waals surface area contributed by atoms with Gasteiger partial charge in [0.2, 0.25) is 5.95 Å². The Morgan fingerprint density at radius 3 is 2.75 bits per heavy atom. The molecule has 2 N–H and O–H groups in total. The Bertz CT molecular complexity index is 1330. The fraction of sp³-hybridized carbons (Fsp3) is 0.167. The normalized spacial score (nSPS) is 12.2. The molecule has 0 radical (unpaired) electrons. The minimum atomic E-state index is -1.03. The second kappa shape index (κ2) is 8.09. The lowest BCUT2D eigenvalue weighted by Gasteiger charge is -2.17. The number of carboxylic acids is 1. The van der Waals surface area contributed by atoms with Crippen LogP contribution in [-0.4, -0.2) is 30.8 Å². The standard InChI is InChI=1S/C24H20ClN5O2/c1-30-20(11-14-5-3-2-4-6-14)21-19(29-30)10-8-16-13-26-24(28-22(16)21)27-18-9-7-15(23(31)32)12-17(18)25/h2-7,9,12-13H,8,10-11H2,1H3,(H,31,32)(H,26,27,28). The summed E-state index contributed by atoms with van der Waals surface area (Å²) >= 11 is 6.27. The average molecular weight is 446 g/mol. The second-order valence-electron chi connectivity index (χ2n) is 7.75. The number of anilines is 2. The van der Waals surface area contributed by atoms with Crippen LogP contribution < -0.4 is 5.32 Å². The van der Waals surface area contributed by atoms with Crippen LogP contribution in [0.4, 0.5) is 11.6 Å². The molecule has 2 aromatic heterocycles. The van der Waals surface area contributed by atoms with Gasteiger partial charge in [0.05, 0.1) is 33.4 Å². The molecule has 5 rings (SSSR count). The molecule has 4 aromatic rings. The summed E-state index contributed by atoms with van der Waals surface area (Å²) in [7, 11) is 1.97. The maximum absolute atomic E-state index is 11.2. The molecule has 32 heavy (non-hydrogen) atoms. The quantitative estimate of drug-likeness (QED) is 0.464. The number of aryl methyl sites for hydroxylation is 3. The average Bonchev–Trinajstić information content (AvgIpc) is 3.11. The molecule has 0 fully saturated rings. The molecule has 0 amide bonds. The highest BCUT2D eigenvalue weighted by atomic mass is 35.5. The van der Waals surface area contributed by atoms with Crippen molar-refractivity contribution >= 4 is 29.2 Å². The summed E-state index contributed by atoms with van der Waals surface area (Å²) in [4.78, 5) is 20.4. The van der Waals surface area contributed by atoms with E-state index in [4.69, 9.17) is 26.8 Å². The molecule has 8 heteroatoms. The maximum Gasteiger partial charge on any atom is 0.335 e. The second-order valence-corrected chi connectivity index (χ2v) is 8.15. The molecule has 160 valence electrons. The summed E-state index contributed by atoms with van der Waals surface area (Å²) < 4.78 is 1.95. The predicted octanol–water partition coefficient (Wildman–Crippen LogP) is 4.66. The Balaban J connectivity index is 1.52. The van der Waals surface area contributed by atoms with Gasteiger partial charge >= 0.3 is 5.97 Å². The summed E-state index contributed by atoms with van der Waals surface area (Å²) in [5.41, 5.74) is 7.05. The van der Waals surface area contributed by atoms with Crippen molar-refractivity contribution in [2.24, 2.45) is 7.05 Å². The molecule has 0 bridgehead atoms. The first kappa shape index (κ1) is 20.2. The number of rotatable bonds is 5. The van der Waals surface area contributed by atoms with E-state index in [0.717, 1.165) is 47.5 Å². The van der Waals surface area contributed by atoms with Crippen LogP contribution in [0, 0.1) is 0 Å². The SMILES string of the molecule is Cn1nc2c(c1Cc1ccccc1)-c1nc(Nc3ccc(C(=O)O)cc3Cl)ncc1CC2. The van der Waals surface area contributed by atoms with Crippen molar-refractivity contribution in [1.82, 2.24) is 19.7 Å². The lowest BCUT2D eigenvalue weighted by Crippen LogP contribution is -2.09. The van der Waals surface area contributed by atoms with Gasteiger partial charge < -0.3 is 10.4 Å². The zero-order valence-electron chi connectivity index (χ0n) is 17.3. The topological polar surface area (TPSA) is 92.9 Å². The van der Waals surface area contributed by atoms with Gasteiger partial charge in [-0.05, 0) is 42.2 Å². The van der Waals surface area contributed by atoms with Gasteiger partial charge in [-0.3, -0.25) is 4.68 Å². The lowest BCUT2D eigenvalue weighted by atomic mass is 9.91. The Morgan fingerprint density at radius 1 is 1.19 bits per heavy atom. The summed E-state index contributed by atoms with van der Waals surface area (Å²) in [5.74, 6) is -0.630. The number of halogens is 1. The largest absolute Gasteiger partial charge is 0.478 e. The van der Waals surface area contributed by atoms with Gasteiger partial charge in [0, 0.05) is 25.2 Å². The van der Waals surface area contributed by atoms with Crippen LogP contribution in [-0.2, 0) is 26.3 Å². The number of hydrogen-bond acceptors (Lipinski definition) is 5. The predicted molar refractivity (Wildman–Crippen MR) is 123 cm³/mol. The number of benzene rings is 2. The Morgan fingerprint density at radius 2 is 2.00 bits per heavy atom. The zero-order valence-corrected chi connectivity index (χ0v) is 18.1. The van der Waals surface area contributed by atoms with Crippen molar-refractivity contribution in [3.05, 3.63) is 87.8 Å². The smallest absolute Gasteiger partial charge is 0.335 e. The van der Waals surface area contributed by atoms with E-state index in [1.807, 2.05) is 36.1 Å². The van der Waals surface area contributed by atoms with Crippen molar-refractivity contribution in [3.63, 3.8) is 0 Å². The van der Waals surface area contributed by atoms with Crippen LogP contribution in [0.3, 0.4) is 0 Å². The number of aromatic nitrogens is 4. The highest BCUT2D eigenvalue weighted by molar-refractivity contribution is 6.33. The number of nitrogens with one attached hydrogen (secondary N) is 1. The van der Waals surface area contributed by atoms with Crippen LogP contribution in [0.25, 0.3) is 11.3 Å². The molecule has 2 heterocycles. The number of nitrogens with zero attached hydrogens (tertiary/aromatic N) is 4. The summed E-state index contributed by atoms with van der Waals surface area (Å²) in [5, 5.41) is 17.3. The van der Waals surface area contributed by atoms with Gasteiger partial charge in [-0.25, -0.2) is 14.8 Å². The van der Waals surface area contributed by atoms with Crippen LogP contribution in [0.2, 0.25) is 5.02 Å². The molecule has 0 aliphatic heterocycles. The fourth-order valence-corrected chi connectivity index (χ4v) is 4.28. The molecule has 1 aliphatic rings. The highest BCUT2D eigenvalue weighted by Crippen LogP contribution is 2.36. The van der Waals surface area contributed by atoms with Crippen LogP contribution >= 0.6 is 11.6 Å². The van der Waals surface area contributed by atoms with Gasteiger partial charge in [-0.1, -0.05) is 41.9 Å². The van der Waals surface area contributed by atoms with E-state index >= 15 is 0 Å². The van der Waals surface area contributed by atoms with E-state index in [9.17, 15) is 4.79 Å². The van der Waals surface area contributed by atoms with E-state index in [1.165, 1.54) is 17.7 Å². The van der Waals surface area contributed by atoms with E-state index in [0.29, 0.717) is 11.6 Å². The van der Waals surface area contributed by atoms with Crippen LogP contribution in [0.1, 0.15) is 32.9 Å². The van der Waals surface area contributed by atoms with E-state index < -0.39 is 5.97 Å². The summed E-state index contributed by atoms with van der Waals surface area (Å²) in [6.07, 6.45) is 4.28. The number of carboxylic acid groups (broad SMARTS) is 1. The third-order valence-corrected chi connectivity index (χ3v) is 5.96. The number of fused-ring (bicyclic) bond motifs is 3. The maximum atomic E-state index is 11.2. The van der Waals surface area contributed by atoms with Gasteiger partial charge in [-0.15, -0.1) is 0 Å². The first-order chi connectivity index (χ1) is 15.5. The first-order valence-electron chi connectivity index (χ1n) is 10.2. The van der Waals surface area contributed by atoms with Crippen molar-refractivity contribution in [3.8, 4) is 11.3 Å². The van der Waals surface area contributed by atoms with Crippen molar-refractivity contribution in [1.29, 1.82) is 0 Å². The minimum absolute atomic E-state index is 0.123. The Labute approximate surface area is 189 Å². The van der Waals surface area contributed by atoms with Gasteiger partial charge in [0.15, 0.2) is 0 Å². The van der Waals surface area contributed by atoms with Crippen molar-refractivity contribution < 1.29 is 9.90 Å². The molecule has 0 atom stereocenters. The number of aromatic carboxylic acids is 1. The molecule has 0 spiro atoms. The minimum Gasteiger partial charge on any atom is -0.478 e. The molecule has 0 saturated carbocycles. The van der Waals surface area contributed by atoms with Gasteiger partial charge in [0.1, 0.15) is 0 Å². The van der Waals surface area contributed by atoms with Crippen molar-refractivity contribution in [2.45, 2.75) is 19.3 Å². The monoisotopic (exact) mass is 445 g/mol. The van der Waals surface area contributed by atoms with Crippen molar-refractivity contribution in [2.75, 3.05) is 5.32 Å². The van der Waals surface area contributed by atoms with Gasteiger partial charge in [0.25, 0.3) is 0 Å². The van der Waals surface area contributed by atoms with Crippen LogP contribution in [0.5, 0.6) is 0 Å². The Hall–Kier alpha value is -3.71. The fourth-order valence-electron chi connectivity index (χ4n) is 4.05. The number of carbonyl (C=O) groups is 1. The number of hydrogen-bond donors (Lipinski definition) is 2. The van der Waals surface area contributed by atoms with Crippen LogP contribution in [0.15, 0.2) is 54.7 Å². The van der Waals surface area contributed by atoms with E-state index in [-0.39, 0.29) is 10.6 Å². The molecule has 0 unspecified atom stereocenters. The molecule has 1 aliphatic carbocycles. The first-order valence-corrected chi connectivity index (χ1v) is 10.6. The summed E-state index contributed by atoms with van der Waals surface area (Å²) in [6.45, 7) is 0. The molecule has 2 aromatic carbocycles. The van der Waals surface area contributed by atoms with E-state index in [1.54, 1.807) is 6.07 Å². The lowest BCUT2D eigenvalue weighted by molar-refractivity contribution is 0.0697. The highest BCUT2D eigenvalue weighted by Gasteiger charge is 2.26. The zero-order chi connectivity index (χ0) is 22.2. The molecular weight excluding hydrogens is 426 g/mol. The third-order valence-electron chi connectivity index (χ3n) is 5.65. The third kappa shape index (κ3) is 3.71. The summed E-state index contributed by atoms with van der Waals surface area (Å²) in [6, 6.07) is 14.8. The molecular formula is C24H20ClN5O2. The molecule has 7 nitrogen and oxygen atoms in total. The Kier molecular flexibility index (Phi) is 5.11. The van der Waals surface area contributed by atoms with Gasteiger partial charge in [-0.2, -0.15) is 5.10 Å². The van der Waals surface area contributed by atoms with E-state index in [2.05, 4.69) is 22.4 Å². The molecule has 0 saturated heterocycles.